The summed E-state index contributed by atoms with van der Waals surface area (Å²) >= 11 is 1.76. The van der Waals surface area contributed by atoms with Crippen LogP contribution in [0.3, 0.4) is 0 Å². The van der Waals surface area contributed by atoms with E-state index in [4.69, 9.17) is 4.42 Å². The van der Waals surface area contributed by atoms with Crippen molar-refractivity contribution in [3.05, 3.63) is 36.4 Å². The maximum absolute atomic E-state index is 5.47. The number of oxazole rings is 1. The van der Waals surface area contributed by atoms with Gasteiger partial charge in [0, 0.05) is 56.9 Å². The lowest BCUT2D eigenvalue weighted by molar-refractivity contribution is 0.319. The first-order valence-corrected chi connectivity index (χ1v) is 12.3. The number of aromatic nitrogens is 4. The highest BCUT2D eigenvalue weighted by atomic mass is 32.2. The molecule has 1 aromatic carbocycles. The Hall–Kier alpha value is -2.52. The Morgan fingerprint density at radius 1 is 1.25 bits per heavy atom. The molecule has 2 saturated heterocycles. The summed E-state index contributed by atoms with van der Waals surface area (Å²) in [5.41, 5.74) is 3.37. The van der Waals surface area contributed by atoms with Crippen LogP contribution in [0, 0.1) is 12.8 Å². The number of likely N-dealkylation sites (tertiary alicyclic amines) is 1. The molecule has 0 amide bonds. The van der Waals surface area contributed by atoms with Crippen molar-refractivity contribution in [2.24, 2.45) is 13.0 Å². The molecular weight excluding hydrogens is 422 g/mol. The van der Waals surface area contributed by atoms with Crippen molar-refractivity contribution in [3.63, 3.8) is 0 Å². The first-order chi connectivity index (χ1) is 15.6. The highest BCUT2D eigenvalue weighted by Gasteiger charge is 2.41. The van der Waals surface area contributed by atoms with E-state index in [1.54, 1.807) is 11.8 Å². The van der Waals surface area contributed by atoms with Crippen LogP contribution in [-0.2, 0) is 7.05 Å². The molecule has 0 saturated carbocycles. The molecule has 2 fully saturated rings. The highest BCUT2D eigenvalue weighted by Crippen LogP contribution is 2.36. The quantitative estimate of drug-likeness (QED) is 0.410. The monoisotopic (exact) mass is 453 g/mol. The Balaban J connectivity index is 1.12. The molecule has 170 valence electrons. The molecule has 0 aliphatic carbocycles. The van der Waals surface area contributed by atoms with E-state index in [1.165, 1.54) is 37.3 Å². The minimum atomic E-state index is 0.640. The van der Waals surface area contributed by atoms with E-state index in [2.05, 4.69) is 54.6 Å². The van der Waals surface area contributed by atoms with E-state index in [9.17, 15) is 0 Å². The largest absolute Gasteiger partial charge is 0.440 e. The molecule has 2 aliphatic heterocycles. The van der Waals surface area contributed by atoms with E-state index in [0.29, 0.717) is 11.8 Å². The van der Waals surface area contributed by atoms with Gasteiger partial charge in [0.1, 0.15) is 0 Å². The number of nitrogens with zero attached hydrogens (tertiary/aromatic N) is 6. The fourth-order valence-corrected chi connectivity index (χ4v) is 5.83. The molecule has 2 aliphatic rings. The van der Waals surface area contributed by atoms with Crippen molar-refractivity contribution in [2.45, 2.75) is 31.0 Å². The second-order valence-electron chi connectivity index (χ2n) is 8.70. The van der Waals surface area contributed by atoms with Gasteiger partial charge in [-0.05, 0) is 50.4 Å². The molecule has 8 nitrogen and oxygen atoms in total. The van der Waals surface area contributed by atoms with Crippen LogP contribution in [0.4, 0.5) is 11.4 Å². The van der Waals surface area contributed by atoms with Crippen LogP contribution in [0.25, 0.3) is 11.6 Å². The molecule has 0 spiro atoms. The van der Waals surface area contributed by atoms with E-state index < -0.39 is 0 Å². The van der Waals surface area contributed by atoms with Crippen molar-refractivity contribution in [1.82, 2.24) is 24.6 Å². The fraction of sp³-hybridized carbons (Fsp3) is 0.522. The summed E-state index contributed by atoms with van der Waals surface area (Å²) in [5, 5.41) is 12.8. The zero-order chi connectivity index (χ0) is 22.1. The summed E-state index contributed by atoms with van der Waals surface area (Å²) in [6, 6.07) is 9.44. The van der Waals surface area contributed by atoms with Gasteiger partial charge in [-0.25, -0.2) is 4.98 Å². The van der Waals surface area contributed by atoms with Gasteiger partial charge >= 0.3 is 0 Å². The fourth-order valence-electron chi connectivity index (χ4n) is 5.00. The lowest BCUT2D eigenvalue weighted by Crippen LogP contribution is -2.35. The second-order valence-corrected chi connectivity index (χ2v) is 9.77. The summed E-state index contributed by atoms with van der Waals surface area (Å²) in [6.07, 6.45) is 3.89. The van der Waals surface area contributed by atoms with Gasteiger partial charge in [-0.15, -0.1) is 10.2 Å². The number of fused-ring (bicyclic) bond motifs is 1. The Morgan fingerprint density at radius 2 is 2.16 bits per heavy atom. The first-order valence-electron chi connectivity index (χ1n) is 11.3. The summed E-state index contributed by atoms with van der Waals surface area (Å²) < 4.78 is 7.47. The van der Waals surface area contributed by atoms with Crippen LogP contribution in [-0.4, -0.2) is 69.7 Å². The van der Waals surface area contributed by atoms with Crippen molar-refractivity contribution >= 4 is 23.1 Å². The number of thioether (sulfide) groups is 1. The zero-order valence-electron chi connectivity index (χ0n) is 19.0. The van der Waals surface area contributed by atoms with Crippen LogP contribution in [0.1, 0.15) is 18.5 Å². The molecule has 1 N–H and O–H groups in total. The van der Waals surface area contributed by atoms with E-state index in [-0.39, 0.29) is 0 Å². The third kappa shape index (κ3) is 4.11. The van der Waals surface area contributed by atoms with Gasteiger partial charge < -0.3 is 24.1 Å². The van der Waals surface area contributed by atoms with Crippen molar-refractivity contribution < 1.29 is 4.42 Å². The molecule has 2 unspecified atom stereocenters. The van der Waals surface area contributed by atoms with Gasteiger partial charge in [-0.1, -0.05) is 17.8 Å². The molecule has 4 heterocycles. The summed E-state index contributed by atoms with van der Waals surface area (Å²) in [6.45, 7) is 6.61. The van der Waals surface area contributed by atoms with E-state index >= 15 is 0 Å². The Kier molecular flexibility index (Phi) is 6.10. The number of aryl methyl sites for hydroxylation is 1. The Morgan fingerprint density at radius 3 is 2.97 bits per heavy atom. The summed E-state index contributed by atoms with van der Waals surface area (Å²) in [4.78, 5) is 9.41. The number of hydrogen-bond acceptors (Lipinski definition) is 8. The number of rotatable bonds is 8. The third-order valence-corrected chi connectivity index (χ3v) is 7.83. The molecule has 9 heteroatoms. The molecule has 0 radical (unpaired) electrons. The maximum Gasteiger partial charge on any atom is 0.202 e. The van der Waals surface area contributed by atoms with Gasteiger partial charge in [0.15, 0.2) is 17.3 Å². The predicted molar refractivity (Wildman–Crippen MR) is 128 cm³/mol. The molecular formula is C23H31N7OS. The normalized spacial score (nSPS) is 20.8. The smallest absolute Gasteiger partial charge is 0.202 e. The first kappa shape index (κ1) is 21.3. The van der Waals surface area contributed by atoms with Crippen LogP contribution < -0.4 is 10.2 Å². The maximum atomic E-state index is 5.47. The Bertz CT molecular complexity index is 1060. The number of anilines is 2. The highest BCUT2D eigenvalue weighted by molar-refractivity contribution is 7.99. The number of hydrogen-bond donors (Lipinski definition) is 1. The van der Waals surface area contributed by atoms with Crippen molar-refractivity contribution in [1.29, 1.82) is 0 Å². The van der Waals surface area contributed by atoms with Crippen molar-refractivity contribution in [2.75, 3.05) is 49.2 Å². The summed E-state index contributed by atoms with van der Waals surface area (Å²) in [7, 11) is 3.97. The molecule has 2 aromatic heterocycles. The molecule has 5 rings (SSSR count). The molecule has 3 aromatic rings. The van der Waals surface area contributed by atoms with Gasteiger partial charge in [0.05, 0.1) is 5.69 Å². The topological polar surface area (TPSA) is 75.2 Å². The molecule has 0 bridgehead atoms. The van der Waals surface area contributed by atoms with Gasteiger partial charge in [0.2, 0.25) is 5.82 Å². The average Bonchev–Trinajstić information content (AvgIpc) is 3.56. The minimum absolute atomic E-state index is 0.640. The van der Waals surface area contributed by atoms with Gasteiger partial charge in [-0.2, -0.15) is 0 Å². The SMILES string of the molecule is CNc1cccc(N2CCC3CN(CCCSc4nnc(-c5ocnc5C)n4C)CC32)c1. The van der Waals surface area contributed by atoms with Crippen LogP contribution >= 0.6 is 11.8 Å². The van der Waals surface area contributed by atoms with Crippen LogP contribution in [0.15, 0.2) is 40.2 Å². The predicted octanol–water partition coefficient (Wildman–Crippen LogP) is 3.51. The lowest BCUT2D eigenvalue weighted by atomic mass is 10.0. The Labute approximate surface area is 193 Å². The van der Waals surface area contributed by atoms with Crippen LogP contribution in [0.2, 0.25) is 0 Å². The van der Waals surface area contributed by atoms with Crippen LogP contribution in [0.5, 0.6) is 0 Å². The van der Waals surface area contributed by atoms with Gasteiger partial charge in [-0.3, -0.25) is 0 Å². The van der Waals surface area contributed by atoms with E-state index in [0.717, 1.165) is 47.9 Å². The summed E-state index contributed by atoms with van der Waals surface area (Å²) in [5.74, 6) is 3.24. The van der Waals surface area contributed by atoms with Crippen molar-refractivity contribution in [3.8, 4) is 11.6 Å². The molecule has 2 atom stereocenters. The molecule has 32 heavy (non-hydrogen) atoms. The zero-order valence-corrected chi connectivity index (χ0v) is 19.8. The minimum Gasteiger partial charge on any atom is -0.440 e. The standard InChI is InChI=1S/C23H31N7OS/c1-16-21(31-15-25-16)22-26-27-23(28(22)3)32-11-5-9-29-13-17-8-10-30(20(17)14-29)19-7-4-6-18(12-19)24-2/h4,6-7,12,15,17,20,24H,5,8-11,13-14H2,1-3H3. The second kappa shape index (κ2) is 9.15. The van der Waals surface area contributed by atoms with Gasteiger partial charge in [0.25, 0.3) is 0 Å². The number of benzene rings is 1. The average molecular weight is 454 g/mol. The third-order valence-electron chi connectivity index (χ3n) is 6.72. The number of nitrogens with one attached hydrogen (secondary N) is 1. The van der Waals surface area contributed by atoms with E-state index in [1.807, 2.05) is 25.6 Å². The lowest BCUT2D eigenvalue weighted by Gasteiger charge is -2.27.